The number of rotatable bonds is 4. The molecule has 39 heavy (non-hydrogen) atoms. The molecule has 4 aliphatic carbocycles. The van der Waals surface area contributed by atoms with E-state index in [0.29, 0.717) is 18.3 Å². The van der Waals surface area contributed by atoms with Crippen molar-refractivity contribution in [3.8, 4) is 0 Å². The molecule has 6 heteroatoms. The first-order valence-electron chi connectivity index (χ1n) is 15.2. The number of aliphatic carboxylic acids is 1. The summed E-state index contributed by atoms with van der Waals surface area (Å²) in [7, 11) is 0. The lowest BCUT2D eigenvalue weighted by atomic mass is 9.47. The van der Waals surface area contributed by atoms with Crippen molar-refractivity contribution in [2.75, 3.05) is 0 Å². The predicted octanol–water partition coefficient (Wildman–Crippen LogP) is 6.94. The van der Waals surface area contributed by atoms with Gasteiger partial charge in [0.15, 0.2) is 5.78 Å². The van der Waals surface area contributed by atoms with Gasteiger partial charge in [0.05, 0.1) is 5.41 Å². The van der Waals surface area contributed by atoms with Crippen LogP contribution >= 0.6 is 0 Å². The highest BCUT2D eigenvalue weighted by atomic mass is 16.5. The van der Waals surface area contributed by atoms with Gasteiger partial charge in [-0.3, -0.25) is 14.4 Å². The number of esters is 1. The summed E-state index contributed by atoms with van der Waals surface area (Å²) in [6.07, 6.45) is 7.93. The normalized spacial score (nSPS) is 40.4. The SMILES string of the molecule is CC(=O)OC1CCC2(C)CCCC3C4=C(C(C)C)C(=O)CC4(C(=O)C(=O)O)CCC3(C)C(C)CCC2C1(C)C. The summed E-state index contributed by atoms with van der Waals surface area (Å²) < 4.78 is 5.85. The largest absolute Gasteiger partial charge is 0.475 e. The Bertz CT molecular complexity index is 1080. The van der Waals surface area contributed by atoms with Gasteiger partial charge in [0.2, 0.25) is 5.78 Å². The molecule has 0 aliphatic heterocycles. The molecule has 1 N–H and O–H groups in total. The fourth-order valence-electron chi connectivity index (χ4n) is 9.84. The lowest BCUT2D eigenvalue weighted by molar-refractivity contribution is -0.170. The van der Waals surface area contributed by atoms with Crippen LogP contribution in [-0.4, -0.2) is 34.7 Å². The van der Waals surface area contributed by atoms with Crippen molar-refractivity contribution in [2.24, 2.45) is 45.3 Å². The first-order valence-corrected chi connectivity index (χ1v) is 15.2. The monoisotopic (exact) mass is 542 g/mol. The molecule has 0 aromatic heterocycles. The number of hydrogen-bond acceptors (Lipinski definition) is 5. The molecule has 0 amide bonds. The summed E-state index contributed by atoms with van der Waals surface area (Å²) in [5.74, 6) is -1.69. The maximum atomic E-state index is 13.4. The van der Waals surface area contributed by atoms with Crippen molar-refractivity contribution in [1.29, 1.82) is 0 Å². The van der Waals surface area contributed by atoms with Gasteiger partial charge in [-0.1, -0.05) is 54.9 Å². The van der Waals surface area contributed by atoms with Crippen LogP contribution in [0.4, 0.5) is 0 Å². The Morgan fingerprint density at radius 2 is 1.62 bits per heavy atom. The van der Waals surface area contributed by atoms with E-state index in [1.807, 2.05) is 13.8 Å². The van der Waals surface area contributed by atoms with Crippen molar-refractivity contribution in [2.45, 2.75) is 126 Å². The number of Topliss-reactive ketones (excluding diaryl/α,β-unsaturated/α-hetero) is 2. The van der Waals surface area contributed by atoms with Crippen LogP contribution < -0.4 is 0 Å². The van der Waals surface area contributed by atoms with E-state index < -0.39 is 17.2 Å². The third kappa shape index (κ3) is 4.72. The Morgan fingerprint density at radius 3 is 2.21 bits per heavy atom. The lowest BCUT2D eigenvalue weighted by Crippen LogP contribution is -2.53. The molecule has 3 fully saturated rings. The fraction of sp³-hybridized carbons (Fsp3) is 0.818. The average Bonchev–Trinajstić information content (AvgIpc) is 3.14. The first-order chi connectivity index (χ1) is 18.0. The molecule has 7 unspecified atom stereocenters. The lowest BCUT2D eigenvalue weighted by Gasteiger charge is -2.57. The van der Waals surface area contributed by atoms with Gasteiger partial charge in [-0.2, -0.15) is 0 Å². The van der Waals surface area contributed by atoms with E-state index in [-0.39, 0.29) is 52.4 Å². The number of carboxylic acids is 1. The average molecular weight is 543 g/mol. The van der Waals surface area contributed by atoms with E-state index in [1.54, 1.807) is 0 Å². The van der Waals surface area contributed by atoms with Crippen LogP contribution in [0.15, 0.2) is 11.1 Å². The summed E-state index contributed by atoms with van der Waals surface area (Å²) in [6.45, 7) is 17.1. The molecule has 0 spiro atoms. The van der Waals surface area contributed by atoms with Gasteiger partial charge < -0.3 is 9.84 Å². The second-order valence-electron chi connectivity index (χ2n) is 14.9. The second kappa shape index (κ2) is 10.1. The number of carbonyl (C=O) groups is 4. The zero-order valence-electron chi connectivity index (χ0n) is 25.4. The number of fused-ring (bicyclic) bond motifs is 4. The minimum atomic E-state index is -1.41. The second-order valence-corrected chi connectivity index (χ2v) is 14.9. The number of carboxylic acid groups (broad SMARTS) is 1. The molecule has 0 heterocycles. The molecule has 4 rings (SSSR count). The van der Waals surface area contributed by atoms with Crippen LogP contribution in [0.1, 0.15) is 120 Å². The fourth-order valence-corrected chi connectivity index (χ4v) is 9.84. The van der Waals surface area contributed by atoms with Gasteiger partial charge in [0.1, 0.15) is 6.10 Å². The van der Waals surface area contributed by atoms with Crippen LogP contribution in [0.2, 0.25) is 0 Å². The number of allylic oxidation sites excluding steroid dienone is 2. The molecule has 0 bridgehead atoms. The van der Waals surface area contributed by atoms with Crippen LogP contribution in [-0.2, 0) is 23.9 Å². The summed E-state index contributed by atoms with van der Waals surface area (Å²) in [5.41, 5.74) is 0.307. The summed E-state index contributed by atoms with van der Waals surface area (Å²) in [5, 5.41) is 9.86. The maximum Gasteiger partial charge on any atom is 0.373 e. The molecule has 0 aromatic rings. The molecule has 3 saturated carbocycles. The number of carbonyl (C=O) groups excluding carboxylic acids is 3. The van der Waals surface area contributed by atoms with Gasteiger partial charge in [0, 0.05) is 18.8 Å². The molecule has 6 nitrogen and oxygen atoms in total. The van der Waals surface area contributed by atoms with Crippen molar-refractivity contribution in [3.05, 3.63) is 11.1 Å². The quantitative estimate of drug-likeness (QED) is 0.305. The summed E-state index contributed by atoms with van der Waals surface area (Å²) in [4.78, 5) is 50.8. The van der Waals surface area contributed by atoms with E-state index in [1.165, 1.54) is 6.92 Å². The third-order valence-electron chi connectivity index (χ3n) is 12.1. The van der Waals surface area contributed by atoms with E-state index in [0.717, 1.165) is 62.5 Å². The Hall–Kier alpha value is -1.98. The minimum Gasteiger partial charge on any atom is -0.475 e. The molecule has 0 radical (unpaired) electrons. The highest BCUT2D eigenvalue weighted by Crippen LogP contribution is 2.65. The van der Waals surface area contributed by atoms with Crippen molar-refractivity contribution < 1.29 is 29.0 Å². The zero-order valence-corrected chi connectivity index (χ0v) is 25.4. The summed E-state index contributed by atoms with van der Waals surface area (Å²) >= 11 is 0. The Morgan fingerprint density at radius 1 is 0.949 bits per heavy atom. The van der Waals surface area contributed by atoms with Crippen LogP contribution in [0.5, 0.6) is 0 Å². The molecule has 0 saturated heterocycles. The van der Waals surface area contributed by atoms with Crippen LogP contribution in [0, 0.1) is 45.3 Å². The minimum absolute atomic E-state index is 0.0213. The van der Waals surface area contributed by atoms with Crippen LogP contribution in [0.3, 0.4) is 0 Å². The number of hydrogen-bond donors (Lipinski definition) is 1. The Kier molecular flexibility index (Phi) is 7.79. The smallest absolute Gasteiger partial charge is 0.373 e. The maximum absolute atomic E-state index is 13.4. The van der Waals surface area contributed by atoms with Crippen molar-refractivity contribution in [3.63, 3.8) is 0 Å². The third-order valence-corrected chi connectivity index (χ3v) is 12.1. The number of ketones is 2. The Balaban J connectivity index is 1.76. The van der Waals surface area contributed by atoms with Gasteiger partial charge in [-0.15, -0.1) is 0 Å². The Labute approximate surface area is 234 Å². The highest BCUT2D eigenvalue weighted by molar-refractivity contribution is 6.37. The van der Waals surface area contributed by atoms with Crippen molar-refractivity contribution in [1.82, 2.24) is 0 Å². The van der Waals surface area contributed by atoms with Crippen molar-refractivity contribution >= 4 is 23.5 Å². The van der Waals surface area contributed by atoms with Crippen LogP contribution in [0.25, 0.3) is 0 Å². The molecule has 4 aliphatic rings. The summed E-state index contributed by atoms with van der Waals surface area (Å²) in [6, 6.07) is 0. The standard InChI is InChI=1S/C33H50O6/c1-19(2)26-23(35)18-33(28(36)29(37)38)17-16-32(8)20(3)11-12-24-30(5,6)25(39-21(4)34)13-15-31(24,7)14-9-10-22(32)27(26)33/h19-20,22,24-25H,9-18H2,1-8H3,(H,37,38). The first kappa shape index (κ1) is 30.0. The van der Waals surface area contributed by atoms with E-state index >= 15 is 0 Å². The topological polar surface area (TPSA) is 97.7 Å². The van der Waals surface area contributed by atoms with Gasteiger partial charge in [0.25, 0.3) is 0 Å². The molecule has 7 atom stereocenters. The van der Waals surface area contributed by atoms with Gasteiger partial charge in [-0.05, 0) is 97.0 Å². The molecular weight excluding hydrogens is 492 g/mol. The zero-order chi connectivity index (χ0) is 29.1. The predicted molar refractivity (Wildman–Crippen MR) is 150 cm³/mol. The van der Waals surface area contributed by atoms with E-state index in [2.05, 4.69) is 34.6 Å². The number of ether oxygens (including phenoxy) is 1. The molecule has 0 aromatic carbocycles. The van der Waals surface area contributed by atoms with Gasteiger partial charge >= 0.3 is 11.9 Å². The molecule has 218 valence electrons. The van der Waals surface area contributed by atoms with E-state index in [9.17, 15) is 24.3 Å². The highest BCUT2D eigenvalue weighted by Gasteiger charge is 2.62. The van der Waals surface area contributed by atoms with E-state index in [4.69, 9.17) is 4.74 Å². The van der Waals surface area contributed by atoms with Gasteiger partial charge in [-0.25, -0.2) is 4.79 Å². The molecular formula is C33H50O6.